The monoisotopic (exact) mass is 280 g/mol. The van der Waals surface area contributed by atoms with Crippen LogP contribution in [0.15, 0.2) is 42.5 Å². The van der Waals surface area contributed by atoms with Crippen LogP contribution in [-0.2, 0) is 9.59 Å². The van der Waals surface area contributed by atoms with Crippen LogP contribution in [0.2, 0.25) is 0 Å². The van der Waals surface area contributed by atoms with Gasteiger partial charge in [0.2, 0.25) is 11.8 Å². The topological polar surface area (TPSA) is 63.4 Å². The van der Waals surface area contributed by atoms with Crippen LogP contribution in [0.5, 0.6) is 0 Å². The second-order valence-corrected chi connectivity index (χ2v) is 5.95. The van der Waals surface area contributed by atoms with Crippen molar-refractivity contribution in [2.75, 3.05) is 6.54 Å². The van der Waals surface area contributed by atoms with Crippen LogP contribution < -0.4 is 5.73 Å². The fourth-order valence-electron chi connectivity index (χ4n) is 3.17. The highest BCUT2D eigenvalue weighted by atomic mass is 16.2. The smallest absolute Gasteiger partial charge is 0.233 e. The number of imide groups is 1. The van der Waals surface area contributed by atoms with Gasteiger partial charge in [-0.05, 0) is 28.8 Å². The van der Waals surface area contributed by atoms with Crippen molar-refractivity contribution in [3.8, 4) is 0 Å². The lowest BCUT2D eigenvalue weighted by Crippen LogP contribution is -2.38. The first-order valence-electron chi connectivity index (χ1n) is 7.24. The Morgan fingerprint density at radius 3 is 2.43 bits per heavy atom. The molecule has 1 heterocycles. The average molecular weight is 280 g/mol. The number of hydrogen-bond donors (Lipinski definition) is 1. The lowest BCUT2D eigenvalue weighted by molar-refractivity contribution is -0.141. The van der Waals surface area contributed by atoms with Crippen molar-refractivity contribution < 1.29 is 9.59 Å². The molecule has 1 saturated carbocycles. The lowest BCUT2D eigenvalue weighted by atomic mass is 10.0. The standard InChI is InChI=1S/C17H16N2O2/c18-15(9-19-16(20)13-8-14(13)17(19)21)12-6-5-10-3-1-2-4-11(10)7-12/h1-7,13-15H,8-9,18H2. The summed E-state index contributed by atoms with van der Waals surface area (Å²) in [6.07, 6.45) is 0.735. The number of hydrogen-bond acceptors (Lipinski definition) is 3. The zero-order valence-electron chi connectivity index (χ0n) is 11.5. The quantitative estimate of drug-likeness (QED) is 0.873. The van der Waals surface area contributed by atoms with Crippen LogP contribution in [0.1, 0.15) is 18.0 Å². The van der Waals surface area contributed by atoms with Gasteiger partial charge in [-0.2, -0.15) is 0 Å². The molecule has 21 heavy (non-hydrogen) atoms. The first kappa shape index (κ1) is 12.5. The van der Waals surface area contributed by atoms with Crippen LogP contribution >= 0.6 is 0 Å². The molecule has 0 aromatic heterocycles. The van der Waals surface area contributed by atoms with Gasteiger partial charge in [0.15, 0.2) is 0 Å². The van der Waals surface area contributed by atoms with Gasteiger partial charge in [0.25, 0.3) is 0 Å². The summed E-state index contributed by atoms with van der Waals surface area (Å²) in [4.78, 5) is 25.3. The van der Waals surface area contributed by atoms with Gasteiger partial charge in [0.05, 0.1) is 11.8 Å². The summed E-state index contributed by atoms with van der Waals surface area (Å²) >= 11 is 0. The number of fused-ring (bicyclic) bond motifs is 2. The molecule has 2 aromatic rings. The molecule has 4 rings (SSSR count). The average Bonchev–Trinajstić information content (AvgIpc) is 3.27. The third-order valence-corrected chi connectivity index (χ3v) is 4.54. The van der Waals surface area contributed by atoms with E-state index < -0.39 is 0 Å². The Morgan fingerprint density at radius 2 is 1.71 bits per heavy atom. The van der Waals surface area contributed by atoms with E-state index in [0.29, 0.717) is 0 Å². The van der Waals surface area contributed by atoms with E-state index in [-0.39, 0.29) is 36.2 Å². The first-order valence-corrected chi connectivity index (χ1v) is 7.24. The van der Waals surface area contributed by atoms with Crippen molar-refractivity contribution in [1.82, 2.24) is 4.90 Å². The Bertz CT molecular complexity index is 735. The number of carbonyl (C=O) groups excluding carboxylic acids is 2. The van der Waals surface area contributed by atoms with Crippen LogP contribution in [-0.4, -0.2) is 23.3 Å². The Kier molecular flexibility index (Phi) is 2.62. The van der Waals surface area contributed by atoms with Crippen molar-refractivity contribution >= 4 is 22.6 Å². The predicted octanol–water partition coefficient (Wildman–Crippen LogP) is 1.84. The molecule has 4 heteroatoms. The molecule has 1 saturated heterocycles. The van der Waals surface area contributed by atoms with E-state index in [1.165, 1.54) is 4.90 Å². The van der Waals surface area contributed by atoms with Gasteiger partial charge in [-0.1, -0.05) is 36.4 Å². The largest absolute Gasteiger partial charge is 0.322 e. The molecule has 4 nitrogen and oxygen atoms in total. The highest BCUT2D eigenvalue weighted by molar-refractivity contribution is 6.08. The second kappa shape index (κ2) is 4.40. The van der Waals surface area contributed by atoms with E-state index in [4.69, 9.17) is 5.73 Å². The zero-order valence-corrected chi connectivity index (χ0v) is 11.5. The Labute approximate surface area is 122 Å². The van der Waals surface area contributed by atoms with Gasteiger partial charge in [-0.3, -0.25) is 14.5 Å². The molecule has 0 spiro atoms. The Morgan fingerprint density at radius 1 is 1.05 bits per heavy atom. The summed E-state index contributed by atoms with van der Waals surface area (Å²) in [6, 6.07) is 13.8. The third-order valence-electron chi connectivity index (χ3n) is 4.54. The number of rotatable bonds is 3. The van der Waals surface area contributed by atoms with Crippen LogP contribution in [0.3, 0.4) is 0 Å². The van der Waals surface area contributed by atoms with Gasteiger partial charge in [-0.15, -0.1) is 0 Å². The molecule has 2 aliphatic rings. The molecule has 1 aliphatic carbocycles. The van der Waals surface area contributed by atoms with Crippen LogP contribution in [0.4, 0.5) is 0 Å². The number of likely N-dealkylation sites (tertiary alicyclic amines) is 1. The Balaban J connectivity index is 1.57. The lowest BCUT2D eigenvalue weighted by Gasteiger charge is -2.21. The molecule has 2 N–H and O–H groups in total. The summed E-state index contributed by atoms with van der Waals surface area (Å²) in [7, 11) is 0. The molecule has 2 fully saturated rings. The maximum atomic E-state index is 12.0. The van der Waals surface area contributed by atoms with Crippen LogP contribution in [0, 0.1) is 11.8 Å². The minimum atomic E-state index is -0.333. The number of carbonyl (C=O) groups is 2. The predicted molar refractivity (Wildman–Crippen MR) is 79.2 cm³/mol. The van der Waals surface area contributed by atoms with Crippen molar-refractivity contribution in [1.29, 1.82) is 0 Å². The zero-order chi connectivity index (χ0) is 14.6. The molecule has 0 radical (unpaired) electrons. The fraction of sp³-hybridized carbons (Fsp3) is 0.294. The number of piperidine rings is 1. The van der Waals surface area contributed by atoms with E-state index in [2.05, 4.69) is 0 Å². The second-order valence-electron chi connectivity index (χ2n) is 5.95. The fourth-order valence-corrected chi connectivity index (χ4v) is 3.17. The molecule has 2 aromatic carbocycles. The maximum absolute atomic E-state index is 12.0. The minimum Gasteiger partial charge on any atom is -0.322 e. The molecule has 0 bridgehead atoms. The molecular formula is C17H16N2O2. The van der Waals surface area contributed by atoms with Crippen molar-refractivity contribution in [2.24, 2.45) is 17.6 Å². The van der Waals surface area contributed by atoms with Gasteiger partial charge in [-0.25, -0.2) is 0 Å². The molecule has 106 valence electrons. The third kappa shape index (κ3) is 1.94. The molecule has 3 unspecified atom stereocenters. The number of benzene rings is 2. The van der Waals surface area contributed by atoms with E-state index in [1.54, 1.807) is 0 Å². The van der Waals surface area contributed by atoms with E-state index in [1.807, 2.05) is 42.5 Å². The summed E-state index contributed by atoms with van der Waals surface area (Å²) < 4.78 is 0. The van der Waals surface area contributed by atoms with Crippen molar-refractivity contribution in [3.63, 3.8) is 0 Å². The first-order chi connectivity index (χ1) is 10.1. The summed E-state index contributed by atoms with van der Waals surface area (Å²) in [5, 5.41) is 2.27. The molecule has 3 atom stereocenters. The normalized spacial score (nSPS) is 25.3. The summed E-state index contributed by atoms with van der Waals surface area (Å²) in [5.74, 6) is -0.190. The Hall–Kier alpha value is -2.20. The summed E-state index contributed by atoms with van der Waals surface area (Å²) in [6.45, 7) is 0.281. The highest BCUT2D eigenvalue weighted by Gasteiger charge is 2.58. The van der Waals surface area contributed by atoms with E-state index >= 15 is 0 Å². The van der Waals surface area contributed by atoms with Crippen LogP contribution in [0.25, 0.3) is 10.8 Å². The molecule has 1 aliphatic heterocycles. The van der Waals surface area contributed by atoms with Gasteiger partial charge < -0.3 is 5.73 Å². The van der Waals surface area contributed by atoms with Gasteiger partial charge in [0, 0.05) is 12.6 Å². The summed E-state index contributed by atoms with van der Waals surface area (Å²) in [5.41, 5.74) is 7.16. The van der Waals surface area contributed by atoms with E-state index in [9.17, 15) is 9.59 Å². The number of amides is 2. The maximum Gasteiger partial charge on any atom is 0.233 e. The SMILES string of the molecule is NC(CN1C(=O)C2CC2C1=O)c1ccc2ccccc2c1. The molecule has 2 amide bonds. The number of nitrogens with two attached hydrogens (primary N) is 1. The highest BCUT2D eigenvalue weighted by Crippen LogP contribution is 2.47. The number of nitrogens with zero attached hydrogens (tertiary/aromatic N) is 1. The molecular weight excluding hydrogens is 264 g/mol. The van der Waals surface area contributed by atoms with Crippen molar-refractivity contribution in [3.05, 3.63) is 48.0 Å². The van der Waals surface area contributed by atoms with Gasteiger partial charge >= 0.3 is 0 Å². The van der Waals surface area contributed by atoms with Crippen molar-refractivity contribution in [2.45, 2.75) is 12.5 Å². The minimum absolute atomic E-state index is 0.0405. The van der Waals surface area contributed by atoms with Gasteiger partial charge in [0.1, 0.15) is 0 Å². The van der Waals surface area contributed by atoms with E-state index in [0.717, 1.165) is 22.8 Å².